The van der Waals surface area contributed by atoms with Crippen LogP contribution in [-0.2, 0) is 4.74 Å². The molecule has 1 saturated heterocycles. The third-order valence-electron chi connectivity index (χ3n) is 5.12. The second-order valence-electron chi connectivity index (χ2n) is 7.36. The van der Waals surface area contributed by atoms with Crippen LogP contribution in [0.2, 0.25) is 0 Å². The van der Waals surface area contributed by atoms with Gasteiger partial charge in [-0.3, -0.25) is 4.90 Å². The van der Waals surface area contributed by atoms with Crippen LogP contribution in [0.3, 0.4) is 0 Å². The lowest BCUT2D eigenvalue weighted by Crippen LogP contribution is -2.37. The van der Waals surface area contributed by atoms with Crippen LogP contribution in [0.5, 0.6) is 5.75 Å². The number of aromatic hydroxyl groups is 1. The number of hydrogen-bond donors (Lipinski definition) is 2. The molecule has 0 atom stereocenters. The Balaban J connectivity index is 1.53. The van der Waals surface area contributed by atoms with Gasteiger partial charge >= 0.3 is 0 Å². The molecule has 152 valence electrons. The monoisotopic (exact) mass is 409 g/mol. The summed E-state index contributed by atoms with van der Waals surface area (Å²) in [5.74, 6) is 1.10. The van der Waals surface area contributed by atoms with Crippen LogP contribution in [-0.4, -0.2) is 54.4 Å². The molecule has 2 N–H and O–H groups in total. The summed E-state index contributed by atoms with van der Waals surface area (Å²) in [5.41, 5.74) is 3.76. The van der Waals surface area contributed by atoms with E-state index in [1.807, 2.05) is 19.1 Å². The molecule has 3 heterocycles. The van der Waals surface area contributed by atoms with Crippen molar-refractivity contribution in [3.05, 3.63) is 53.4 Å². The van der Waals surface area contributed by atoms with E-state index in [1.54, 1.807) is 17.4 Å². The number of thiophene rings is 1. The van der Waals surface area contributed by atoms with Crippen molar-refractivity contribution in [2.45, 2.75) is 13.3 Å². The highest BCUT2D eigenvalue weighted by Gasteiger charge is 2.12. The number of aromatic nitrogens is 1. The zero-order valence-electron chi connectivity index (χ0n) is 16.7. The Bertz CT molecular complexity index is 937. The first kappa shape index (κ1) is 19.9. The molecule has 1 aromatic carbocycles. The molecule has 2 aromatic heterocycles. The van der Waals surface area contributed by atoms with Crippen LogP contribution in [0.4, 0.5) is 5.82 Å². The Morgan fingerprint density at radius 1 is 1.17 bits per heavy atom. The lowest BCUT2D eigenvalue weighted by Gasteiger charge is -2.26. The molecule has 1 fully saturated rings. The van der Waals surface area contributed by atoms with Gasteiger partial charge in [0.15, 0.2) is 0 Å². The predicted molar refractivity (Wildman–Crippen MR) is 120 cm³/mol. The summed E-state index contributed by atoms with van der Waals surface area (Å²) in [7, 11) is 0. The molecule has 0 amide bonds. The van der Waals surface area contributed by atoms with Gasteiger partial charge in [0.2, 0.25) is 0 Å². The van der Waals surface area contributed by atoms with Gasteiger partial charge < -0.3 is 15.2 Å². The second kappa shape index (κ2) is 9.39. The molecule has 29 heavy (non-hydrogen) atoms. The SMILES string of the molecule is Cc1ccc(O)c(-c2cc(-c3cccs3)cc(NCCCN3CCOCC3)n2)c1. The Labute approximate surface area is 176 Å². The molecular formula is C23H27N3O2S. The maximum atomic E-state index is 10.4. The summed E-state index contributed by atoms with van der Waals surface area (Å²) in [6.07, 6.45) is 1.05. The van der Waals surface area contributed by atoms with Gasteiger partial charge in [-0.2, -0.15) is 0 Å². The first-order chi connectivity index (χ1) is 14.2. The van der Waals surface area contributed by atoms with Crippen LogP contribution in [0, 0.1) is 6.92 Å². The van der Waals surface area contributed by atoms with Crippen LogP contribution in [0.1, 0.15) is 12.0 Å². The molecule has 5 nitrogen and oxygen atoms in total. The number of aryl methyl sites for hydroxylation is 1. The topological polar surface area (TPSA) is 57.6 Å². The van der Waals surface area contributed by atoms with E-state index in [0.29, 0.717) is 0 Å². The molecule has 0 spiro atoms. The third kappa shape index (κ3) is 5.15. The van der Waals surface area contributed by atoms with E-state index in [4.69, 9.17) is 9.72 Å². The maximum absolute atomic E-state index is 10.4. The Kier molecular flexibility index (Phi) is 6.44. The lowest BCUT2D eigenvalue weighted by atomic mass is 10.0. The summed E-state index contributed by atoms with van der Waals surface area (Å²) in [6.45, 7) is 7.65. The minimum atomic E-state index is 0.254. The first-order valence-electron chi connectivity index (χ1n) is 10.1. The fraction of sp³-hybridized carbons (Fsp3) is 0.348. The standard InChI is InChI=1S/C23H27N3O2S/c1-17-5-6-21(27)19(14-17)20-15-18(22-4-2-13-29-22)16-23(25-20)24-7-3-8-26-9-11-28-12-10-26/h2,4-6,13-16,27H,3,7-12H2,1H3,(H,24,25). The molecule has 0 saturated carbocycles. The van der Waals surface area contributed by atoms with Crippen molar-refractivity contribution in [2.24, 2.45) is 0 Å². The van der Waals surface area contributed by atoms with Gasteiger partial charge in [-0.25, -0.2) is 4.98 Å². The van der Waals surface area contributed by atoms with Gasteiger partial charge in [0.1, 0.15) is 11.6 Å². The van der Waals surface area contributed by atoms with E-state index in [-0.39, 0.29) is 5.75 Å². The minimum Gasteiger partial charge on any atom is -0.507 e. The van der Waals surface area contributed by atoms with Crippen molar-refractivity contribution >= 4 is 17.2 Å². The summed E-state index contributed by atoms with van der Waals surface area (Å²) >= 11 is 1.71. The Morgan fingerprint density at radius 2 is 2.03 bits per heavy atom. The molecule has 1 aliphatic heterocycles. The summed E-state index contributed by atoms with van der Waals surface area (Å²) in [5, 5.41) is 15.9. The van der Waals surface area contributed by atoms with E-state index in [9.17, 15) is 5.11 Å². The predicted octanol–water partition coefficient (Wildman–Crippen LogP) is 4.63. The molecule has 1 aliphatic rings. The average molecular weight is 410 g/mol. The number of nitrogens with zero attached hydrogens (tertiary/aromatic N) is 2. The normalized spacial score (nSPS) is 14.8. The number of ether oxygens (including phenoxy) is 1. The number of morpholine rings is 1. The maximum Gasteiger partial charge on any atom is 0.127 e. The van der Waals surface area contributed by atoms with E-state index < -0.39 is 0 Å². The number of rotatable bonds is 7. The molecule has 0 radical (unpaired) electrons. The lowest BCUT2D eigenvalue weighted by molar-refractivity contribution is 0.0378. The van der Waals surface area contributed by atoms with Crippen molar-refractivity contribution in [3.8, 4) is 27.4 Å². The van der Waals surface area contributed by atoms with E-state index in [2.05, 4.69) is 39.9 Å². The van der Waals surface area contributed by atoms with Gasteiger partial charge in [0, 0.05) is 30.1 Å². The van der Waals surface area contributed by atoms with Gasteiger partial charge in [0.05, 0.1) is 18.9 Å². The highest BCUT2D eigenvalue weighted by atomic mass is 32.1. The van der Waals surface area contributed by atoms with Crippen LogP contribution in [0.15, 0.2) is 47.8 Å². The third-order valence-corrected chi connectivity index (χ3v) is 6.04. The fourth-order valence-electron chi connectivity index (χ4n) is 3.54. The van der Waals surface area contributed by atoms with E-state index >= 15 is 0 Å². The molecule has 3 aromatic rings. The number of pyridine rings is 1. The molecule has 0 unspecified atom stereocenters. The number of anilines is 1. The van der Waals surface area contributed by atoms with Crippen molar-refractivity contribution < 1.29 is 9.84 Å². The van der Waals surface area contributed by atoms with Crippen molar-refractivity contribution in [3.63, 3.8) is 0 Å². The zero-order chi connectivity index (χ0) is 20.1. The van der Waals surface area contributed by atoms with Gasteiger partial charge in [-0.15, -0.1) is 11.3 Å². The second-order valence-corrected chi connectivity index (χ2v) is 8.31. The summed E-state index contributed by atoms with van der Waals surface area (Å²) in [4.78, 5) is 8.43. The highest BCUT2D eigenvalue weighted by molar-refractivity contribution is 7.13. The molecule has 0 aliphatic carbocycles. The van der Waals surface area contributed by atoms with Crippen molar-refractivity contribution in [1.29, 1.82) is 0 Å². The minimum absolute atomic E-state index is 0.254. The average Bonchev–Trinajstić information content (AvgIpc) is 3.29. The van der Waals surface area contributed by atoms with Crippen LogP contribution >= 0.6 is 11.3 Å². The molecule has 6 heteroatoms. The van der Waals surface area contributed by atoms with Gasteiger partial charge in [-0.1, -0.05) is 17.7 Å². The number of benzene rings is 1. The van der Waals surface area contributed by atoms with Gasteiger partial charge in [0.25, 0.3) is 0 Å². The quantitative estimate of drug-likeness (QED) is 0.558. The van der Waals surface area contributed by atoms with Gasteiger partial charge in [-0.05, 0) is 61.2 Å². The van der Waals surface area contributed by atoms with E-state index in [1.165, 1.54) is 4.88 Å². The number of phenols is 1. The molecule has 0 bridgehead atoms. The largest absolute Gasteiger partial charge is 0.507 e. The zero-order valence-corrected chi connectivity index (χ0v) is 17.5. The first-order valence-corrected chi connectivity index (χ1v) is 11.0. The van der Waals surface area contributed by atoms with Crippen LogP contribution in [0.25, 0.3) is 21.7 Å². The summed E-state index contributed by atoms with van der Waals surface area (Å²) < 4.78 is 5.41. The number of hydrogen-bond acceptors (Lipinski definition) is 6. The number of phenolic OH excluding ortho intramolecular Hbond substituents is 1. The number of nitrogens with one attached hydrogen (secondary N) is 1. The fourth-order valence-corrected chi connectivity index (χ4v) is 4.26. The smallest absolute Gasteiger partial charge is 0.127 e. The van der Waals surface area contributed by atoms with Crippen molar-refractivity contribution in [2.75, 3.05) is 44.7 Å². The van der Waals surface area contributed by atoms with Crippen LogP contribution < -0.4 is 5.32 Å². The summed E-state index contributed by atoms with van der Waals surface area (Å²) in [6, 6.07) is 13.9. The molecular weight excluding hydrogens is 382 g/mol. The Morgan fingerprint density at radius 3 is 2.83 bits per heavy atom. The van der Waals surface area contributed by atoms with Crippen molar-refractivity contribution in [1.82, 2.24) is 9.88 Å². The molecule has 4 rings (SSSR count). The highest BCUT2D eigenvalue weighted by Crippen LogP contribution is 2.34. The Hall–Kier alpha value is -2.41. The van der Waals surface area contributed by atoms with E-state index in [0.717, 1.165) is 74.0 Å².